The second-order valence-corrected chi connectivity index (χ2v) is 3.17. The molecule has 0 saturated heterocycles. The molecule has 1 heterocycles. The van der Waals surface area contributed by atoms with Gasteiger partial charge in [-0.2, -0.15) is 5.10 Å². The van der Waals surface area contributed by atoms with Crippen molar-refractivity contribution in [3.05, 3.63) is 26.5 Å². The summed E-state index contributed by atoms with van der Waals surface area (Å²) >= 11 is 0. The van der Waals surface area contributed by atoms with E-state index in [0.717, 1.165) is 35.4 Å². The summed E-state index contributed by atoms with van der Waals surface area (Å²) in [6.07, 6.45) is 6.95. The predicted octanol–water partition coefficient (Wildman–Crippen LogP) is -0.313. The molecule has 1 aliphatic carbocycles. The first kappa shape index (κ1) is 8.23. The zero-order valence-electron chi connectivity index (χ0n) is 7.63. The minimum Gasteiger partial charge on any atom is -0.267 e. The number of aromatic amines is 1. The molecule has 0 amide bonds. The zero-order chi connectivity index (χ0) is 9.26. The highest BCUT2D eigenvalue weighted by molar-refractivity contribution is 5.38. The molecule has 0 bridgehead atoms. The molecule has 0 aromatic carbocycles. The Kier molecular flexibility index (Phi) is 2.00. The minimum absolute atomic E-state index is 0.0665. The standard InChI is InChI=1S/C10H12N2O/c1-2-9-7-5-3-4-6-8(7)10(13)12-11-9/h5-6H,2-4H2,1H3,(H,12,13). The Bertz CT molecular complexity index is 485. The van der Waals surface area contributed by atoms with E-state index in [9.17, 15) is 4.79 Å². The molecule has 0 atom stereocenters. The number of fused-ring (bicyclic) bond motifs is 1. The lowest BCUT2D eigenvalue weighted by atomic mass is 10.1. The van der Waals surface area contributed by atoms with Gasteiger partial charge in [0.15, 0.2) is 0 Å². The molecule has 1 aromatic heterocycles. The Labute approximate surface area is 75.8 Å². The first-order chi connectivity index (χ1) is 6.33. The minimum atomic E-state index is -0.0665. The van der Waals surface area contributed by atoms with Crippen molar-refractivity contribution in [3.63, 3.8) is 0 Å². The van der Waals surface area contributed by atoms with Crippen LogP contribution in [-0.2, 0) is 6.42 Å². The Morgan fingerprint density at radius 3 is 2.77 bits per heavy atom. The average molecular weight is 176 g/mol. The number of hydrogen-bond donors (Lipinski definition) is 1. The molecule has 1 N–H and O–H groups in total. The second kappa shape index (κ2) is 3.17. The van der Waals surface area contributed by atoms with E-state index in [2.05, 4.69) is 16.3 Å². The summed E-state index contributed by atoms with van der Waals surface area (Å²) in [7, 11) is 0. The Hall–Kier alpha value is -1.38. The van der Waals surface area contributed by atoms with Crippen LogP contribution in [0.5, 0.6) is 0 Å². The van der Waals surface area contributed by atoms with E-state index in [0.29, 0.717) is 0 Å². The number of aromatic nitrogens is 2. The van der Waals surface area contributed by atoms with Gasteiger partial charge in [-0.05, 0) is 19.3 Å². The van der Waals surface area contributed by atoms with Gasteiger partial charge in [-0.1, -0.05) is 19.1 Å². The van der Waals surface area contributed by atoms with Gasteiger partial charge in [0.2, 0.25) is 0 Å². The topological polar surface area (TPSA) is 45.8 Å². The molecule has 0 fully saturated rings. The van der Waals surface area contributed by atoms with Crippen molar-refractivity contribution < 1.29 is 0 Å². The van der Waals surface area contributed by atoms with Crippen LogP contribution in [0.15, 0.2) is 4.79 Å². The highest BCUT2D eigenvalue weighted by Crippen LogP contribution is 1.94. The molecule has 13 heavy (non-hydrogen) atoms. The van der Waals surface area contributed by atoms with Gasteiger partial charge >= 0.3 is 0 Å². The van der Waals surface area contributed by atoms with Crippen LogP contribution in [0.2, 0.25) is 0 Å². The van der Waals surface area contributed by atoms with E-state index in [1.165, 1.54) is 0 Å². The number of nitrogens with zero attached hydrogens (tertiary/aromatic N) is 1. The molecule has 0 unspecified atom stereocenters. The van der Waals surface area contributed by atoms with Crippen LogP contribution in [0.1, 0.15) is 25.5 Å². The normalized spacial score (nSPS) is 14.2. The fourth-order valence-corrected chi connectivity index (χ4v) is 1.67. The highest BCUT2D eigenvalue weighted by Gasteiger charge is 2.02. The number of rotatable bonds is 1. The Morgan fingerprint density at radius 2 is 2.08 bits per heavy atom. The summed E-state index contributed by atoms with van der Waals surface area (Å²) in [5.41, 5.74) is 0.925. The number of hydrogen-bond acceptors (Lipinski definition) is 2. The van der Waals surface area contributed by atoms with Gasteiger partial charge in [0.05, 0.1) is 5.69 Å². The first-order valence-electron chi connectivity index (χ1n) is 4.61. The predicted molar refractivity (Wildman–Crippen MR) is 51.6 cm³/mol. The van der Waals surface area contributed by atoms with Crippen molar-refractivity contribution in [2.24, 2.45) is 0 Å². The molecule has 0 saturated carbocycles. The molecule has 1 aromatic rings. The maximum atomic E-state index is 11.4. The molecule has 3 nitrogen and oxygen atoms in total. The quantitative estimate of drug-likeness (QED) is 0.638. The third kappa shape index (κ3) is 1.30. The third-order valence-corrected chi connectivity index (χ3v) is 2.34. The van der Waals surface area contributed by atoms with E-state index in [-0.39, 0.29) is 5.56 Å². The summed E-state index contributed by atoms with van der Waals surface area (Å²) in [4.78, 5) is 11.4. The zero-order valence-corrected chi connectivity index (χ0v) is 7.63. The molecule has 2 rings (SSSR count). The van der Waals surface area contributed by atoms with Crippen LogP contribution in [-0.4, -0.2) is 10.2 Å². The molecule has 0 radical (unpaired) electrons. The van der Waals surface area contributed by atoms with Crippen LogP contribution < -0.4 is 16.0 Å². The number of H-pyrrole nitrogens is 1. The van der Waals surface area contributed by atoms with E-state index in [1.807, 2.05) is 13.0 Å². The van der Waals surface area contributed by atoms with Gasteiger partial charge in [-0.15, -0.1) is 0 Å². The highest BCUT2D eigenvalue weighted by atomic mass is 16.1. The molecule has 0 spiro atoms. The van der Waals surface area contributed by atoms with E-state index < -0.39 is 0 Å². The van der Waals surface area contributed by atoms with E-state index in [1.54, 1.807) is 0 Å². The Balaban J connectivity index is 2.91. The summed E-state index contributed by atoms with van der Waals surface area (Å²) in [5.74, 6) is 0. The van der Waals surface area contributed by atoms with Crippen molar-refractivity contribution in [1.29, 1.82) is 0 Å². The van der Waals surface area contributed by atoms with Gasteiger partial charge in [0, 0.05) is 10.4 Å². The van der Waals surface area contributed by atoms with E-state index >= 15 is 0 Å². The SMILES string of the molecule is CCc1n[nH]c(=O)c2c1=CCCC=2. The molecular weight excluding hydrogens is 164 g/mol. The van der Waals surface area contributed by atoms with Crippen molar-refractivity contribution in [2.45, 2.75) is 26.2 Å². The molecule has 68 valence electrons. The van der Waals surface area contributed by atoms with Gasteiger partial charge in [-0.25, -0.2) is 5.10 Å². The third-order valence-electron chi connectivity index (χ3n) is 2.34. The van der Waals surface area contributed by atoms with Gasteiger partial charge in [-0.3, -0.25) is 4.79 Å². The van der Waals surface area contributed by atoms with Crippen molar-refractivity contribution in [1.82, 2.24) is 10.2 Å². The van der Waals surface area contributed by atoms with E-state index in [4.69, 9.17) is 0 Å². The van der Waals surface area contributed by atoms with Gasteiger partial charge in [0.1, 0.15) is 0 Å². The largest absolute Gasteiger partial charge is 0.271 e. The summed E-state index contributed by atoms with van der Waals surface area (Å²) in [6, 6.07) is 0. The van der Waals surface area contributed by atoms with Crippen LogP contribution >= 0.6 is 0 Å². The monoisotopic (exact) mass is 176 g/mol. The smallest absolute Gasteiger partial charge is 0.267 e. The maximum absolute atomic E-state index is 11.4. The Morgan fingerprint density at radius 1 is 1.38 bits per heavy atom. The van der Waals surface area contributed by atoms with Gasteiger partial charge in [0.25, 0.3) is 5.56 Å². The molecule has 0 aliphatic heterocycles. The lowest BCUT2D eigenvalue weighted by molar-refractivity contribution is 0.862. The van der Waals surface area contributed by atoms with Crippen molar-refractivity contribution in [2.75, 3.05) is 0 Å². The number of aryl methyl sites for hydroxylation is 1. The summed E-state index contributed by atoms with van der Waals surface area (Å²) < 4.78 is 0. The average Bonchev–Trinajstić information content (AvgIpc) is 2.19. The van der Waals surface area contributed by atoms with Gasteiger partial charge < -0.3 is 0 Å². The maximum Gasteiger partial charge on any atom is 0.271 e. The molecule has 1 aliphatic rings. The second-order valence-electron chi connectivity index (χ2n) is 3.17. The molecule has 3 heteroatoms. The van der Waals surface area contributed by atoms with Crippen LogP contribution in [0.3, 0.4) is 0 Å². The van der Waals surface area contributed by atoms with Crippen LogP contribution in [0.25, 0.3) is 12.2 Å². The summed E-state index contributed by atoms with van der Waals surface area (Å²) in [6.45, 7) is 2.05. The van der Waals surface area contributed by atoms with Crippen LogP contribution in [0.4, 0.5) is 0 Å². The first-order valence-corrected chi connectivity index (χ1v) is 4.61. The van der Waals surface area contributed by atoms with Crippen LogP contribution in [0, 0.1) is 0 Å². The van der Waals surface area contributed by atoms with Crippen molar-refractivity contribution >= 4 is 12.2 Å². The fourth-order valence-electron chi connectivity index (χ4n) is 1.67. The lowest BCUT2D eigenvalue weighted by Crippen LogP contribution is -2.45. The number of nitrogens with one attached hydrogen (secondary N) is 1. The summed E-state index contributed by atoms with van der Waals surface area (Å²) in [5, 5.41) is 8.39. The molecular formula is C10H12N2O. The van der Waals surface area contributed by atoms with Crippen molar-refractivity contribution in [3.8, 4) is 0 Å². The fraction of sp³-hybridized carbons (Fsp3) is 0.400. The lowest BCUT2D eigenvalue weighted by Gasteiger charge is -2.02.